The Morgan fingerprint density at radius 2 is 2.03 bits per heavy atom. The van der Waals surface area contributed by atoms with Crippen LogP contribution >= 0.6 is 11.3 Å². The lowest BCUT2D eigenvalue weighted by Gasteiger charge is -2.36. The molecule has 0 saturated carbocycles. The van der Waals surface area contributed by atoms with Crippen molar-refractivity contribution in [1.82, 2.24) is 15.0 Å². The molecule has 0 fully saturated rings. The van der Waals surface area contributed by atoms with Gasteiger partial charge in [-0.15, -0.1) is 11.3 Å². The van der Waals surface area contributed by atoms with Crippen LogP contribution in [0.25, 0.3) is 21.6 Å². The third-order valence-corrected chi connectivity index (χ3v) is 6.24. The smallest absolute Gasteiger partial charge is 0.325 e. The molecular weight excluding hydrogens is 400 g/mol. The van der Waals surface area contributed by atoms with E-state index in [0.717, 1.165) is 21.8 Å². The van der Waals surface area contributed by atoms with Crippen LogP contribution in [0.15, 0.2) is 47.4 Å². The van der Waals surface area contributed by atoms with Crippen LogP contribution in [-0.2, 0) is 0 Å². The van der Waals surface area contributed by atoms with Crippen molar-refractivity contribution < 1.29 is 4.79 Å². The molecule has 9 heteroatoms. The number of hydrogen-bond donors (Lipinski definition) is 2. The summed E-state index contributed by atoms with van der Waals surface area (Å²) in [4.78, 5) is 39.7. The first-order valence-corrected chi connectivity index (χ1v) is 10.1. The molecule has 148 valence electrons. The number of anilines is 2. The summed E-state index contributed by atoms with van der Waals surface area (Å²) in [5, 5.41) is 9.11. The number of carbonyl (C=O) groups excluding carboxylic acids is 1. The van der Waals surface area contributed by atoms with Crippen molar-refractivity contribution in [2.45, 2.75) is 0 Å². The molecule has 0 spiro atoms. The molecule has 4 heterocycles. The quantitative estimate of drug-likeness (QED) is 0.522. The number of aromatic amines is 2. The van der Waals surface area contributed by atoms with Gasteiger partial charge in [-0.05, 0) is 35.9 Å². The Hall–Kier alpha value is -3.90. The lowest BCUT2D eigenvalue weighted by molar-refractivity contribution is 0.0986. The summed E-state index contributed by atoms with van der Waals surface area (Å²) >= 11 is 1.42. The van der Waals surface area contributed by atoms with E-state index in [4.69, 9.17) is 5.26 Å². The van der Waals surface area contributed by atoms with E-state index in [9.17, 15) is 9.59 Å². The highest BCUT2D eigenvalue weighted by Crippen LogP contribution is 2.38. The van der Waals surface area contributed by atoms with Crippen LogP contribution in [-0.4, -0.2) is 41.0 Å². The predicted octanol–water partition coefficient (Wildman–Crippen LogP) is 2.95. The number of benzene rings is 1. The standard InChI is InChI=1S/C21H16N6O2S/c1-26-6-7-27(20(28)13-8-15-19(23-11-13)25-21(29)24-15)17-9-12(2-4-16(17)26)18-5-3-14(10-22)30-18/h2-5,8-9,11H,6-7H2,1H3,(H2,23,24,25,29). The van der Waals surface area contributed by atoms with Gasteiger partial charge in [0.1, 0.15) is 10.9 Å². The second-order valence-electron chi connectivity index (χ2n) is 7.06. The number of fused-ring (bicyclic) bond motifs is 2. The van der Waals surface area contributed by atoms with Gasteiger partial charge in [-0.2, -0.15) is 5.26 Å². The van der Waals surface area contributed by atoms with Gasteiger partial charge >= 0.3 is 5.69 Å². The molecule has 4 aromatic rings. The van der Waals surface area contributed by atoms with Crippen molar-refractivity contribution in [2.24, 2.45) is 0 Å². The number of likely N-dealkylation sites (N-methyl/N-ethyl adjacent to an activating group) is 1. The van der Waals surface area contributed by atoms with Crippen molar-refractivity contribution in [3.63, 3.8) is 0 Å². The Bertz CT molecular complexity index is 1390. The molecule has 0 radical (unpaired) electrons. The molecule has 2 N–H and O–H groups in total. The van der Waals surface area contributed by atoms with E-state index in [1.165, 1.54) is 17.5 Å². The van der Waals surface area contributed by atoms with Crippen molar-refractivity contribution in [1.29, 1.82) is 5.26 Å². The first kappa shape index (κ1) is 18.1. The van der Waals surface area contributed by atoms with Gasteiger partial charge in [0.15, 0.2) is 5.65 Å². The fraction of sp³-hybridized carbons (Fsp3) is 0.143. The third-order valence-electron chi connectivity index (χ3n) is 5.20. The highest BCUT2D eigenvalue weighted by atomic mass is 32.1. The van der Waals surface area contributed by atoms with Gasteiger partial charge in [-0.3, -0.25) is 9.78 Å². The highest BCUT2D eigenvalue weighted by molar-refractivity contribution is 7.16. The van der Waals surface area contributed by atoms with Gasteiger partial charge in [0, 0.05) is 31.2 Å². The number of carbonyl (C=O) groups is 1. The Balaban J connectivity index is 1.57. The minimum absolute atomic E-state index is 0.179. The Labute approximate surface area is 175 Å². The minimum Gasteiger partial charge on any atom is -0.371 e. The number of thiophene rings is 1. The summed E-state index contributed by atoms with van der Waals surface area (Å²) in [7, 11) is 2.00. The molecule has 0 bridgehead atoms. The Morgan fingerprint density at radius 3 is 2.83 bits per heavy atom. The summed E-state index contributed by atoms with van der Waals surface area (Å²) in [6.45, 7) is 1.23. The van der Waals surface area contributed by atoms with Gasteiger partial charge in [-0.25, -0.2) is 9.78 Å². The molecule has 0 saturated heterocycles. The van der Waals surface area contributed by atoms with Gasteiger partial charge in [0.2, 0.25) is 0 Å². The zero-order valence-electron chi connectivity index (χ0n) is 16.0. The van der Waals surface area contributed by atoms with E-state index in [2.05, 4.69) is 25.9 Å². The molecule has 30 heavy (non-hydrogen) atoms. The summed E-state index contributed by atoms with van der Waals surface area (Å²) in [6.07, 6.45) is 1.48. The number of H-pyrrole nitrogens is 2. The summed E-state index contributed by atoms with van der Waals surface area (Å²) in [5.74, 6) is -0.179. The number of imidazole rings is 1. The fourth-order valence-electron chi connectivity index (χ4n) is 3.66. The molecule has 1 aliphatic rings. The van der Waals surface area contributed by atoms with Crippen molar-refractivity contribution in [3.05, 3.63) is 63.5 Å². The molecule has 0 atom stereocenters. The number of nitrogens with one attached hydrogen (secondary N) is 2. The van der Waals surface area contributed by atoms with Crippen LogP contribution in [0.5, 0.6) is 0 Å². The number of pyridine rings is 1. The molecule has 1 amide bonds. The van der Waals surface area contributed by atoms with Crippen LogP contribution in [0, 0.1) is 11.3 Å². The predicted molar refractivity (Wildman–Crippen MR) is 116 cm³/mol. The van der Waals surface area contributed by atoms with E-state index in [-0.39, 0.29) is 11.6 Å². The van der Waals surface area contributed by atoms with Crippen LogP contribution in [0.4, 0.5) is 11.4 Å². The maximum atomic E-state index is 13.3. The van der Waals surface area contributed by atoms with Crippen molar-refractivity contribution in [3.8, 4) is 16.5 Å². The van der Waals surface area contributed by atoms with Crippen LogP contribution in [0.1, 0.15) is 15.2 Å². The lowest BCUT2D eigenvalue weighted by atomic mass is 10.1. The minimum atomic E-state index is -0.357. The zero-order chi connectivity index (χ0) is 20.8. The van der Waals surface area contributed by atoms with Gasteiger partial charge in [0.05, 0.1) is 22.5 Å². The normalized spacial score (nSPS) is 13.3. The van der Waals surface area contributed by atoms with E-state index < -0.39 is 0 Å². The van der Waals surface area contributed by atoms with Gasteiger partial charge in [-0.1, -0.05) is 6.07 Å². The molecule has 0 unspecified atom stereocenters. The van der Waals surface area contributed by atoms with Crippen LogP contribution < -0.4 is 15.5 Å². The molecule has 0 aliphatic carbocycles. The Morgan fingerprint density at radius 1 is 1.17 bits per heavy atom. The van der Waals surface area contributed by atoms with Crippen molar-refractivity contribution >= 4 is 39.8 Å². The summed E-state index contributed by atoms with van der Waals surface area (Å²) in [6, 6.07) is 13.5. The number of nitrogens with zero attached hydrogens (tertiary/aromatic N) is 4. The number of nitriles is 1. The monoisotopic (exact) mass is 416 g/mol. The first-order valence-electron chi connectivity index (χ1n) is 9.29. The molecule has 1 aromatic carbocycles. The lowest BCUT2D eigenvalue weighted by Crippen LogP contribution is -2.42. The third kappa shape index (κ3) is 2.94. The first-order chi connectivity index (χ1) is 14.5. The molecule has 8 nitrogen and oxygen atoms in total. The van der Waals surface area contributed by atoms with E-state index in [1.54, 1.807) is 17.0 Å². The fourth-order valence-corrected chi connectivity index (χ4v) is 4.46. The average Bonchev–Trinajstić information content (AvgIpc) is 3.38. The van der Waals surface area contributed by atoms with E-state index in [0.29, 0.717) is 34.7 Å². The summed E-state index contributed by atoms with van der Waals surface area (Å²) in [5.41, 5.74) is 3.68. The van der Waals surface area contributed by atoms with Crippen molar-refractivity contribution in [2.75, 3.05) is 29.9 Å². The number of amides is 1. The molecular formula is C21H16N6O2S. The number of hydrogen-bond acceptors (Lipinski definition) is 6. The number of aromatic nitrogens is 3. The Kier molecular flexibility index (Phi) is 4.15. The molecule has 5 rings (SSSR count). The SMILES string of the molecule is CN1CCN(C(=O)c2cnc3[nH]c(=O)[nH]c3c2)c2cc(-c3ccc(C#N)s3)ccc21. The zero-order valence-corrected chi connectivity index (χ0v) is 16.8. The molecule has 3 aromatic heterocycles. The number of rotatable bonds is 2. The summed E-state index contributed by atoms with van der Waals surface area (Å²) < 4.78 is 0. The highest BCUT2D eigenvalue weighted by Gasteiger charge is 2.27. The maximum absolute atomic E-state index is 13.3. The van der Waals surface area contributed by atoms with Gasteiger partial charge in [0.25, 0.3) is 5.91 Å². The van der Waals surface area contributed by atoms with Crippen LogP contribution in [0.3, 0.4) is 0 Å². The largest absolute Gasteiger partial charge is 0.371 e. The topological polar surface area (TPSA) is 109 Å². The van der Waals surface area contributed by atoms with Crippen LogP contribution in [0.2, 0.25) is 0 Å². The second kappa shape index (κ2) is 6.86. The molecule has 1 aliphatic heterocycles. The second-order valence-corrected chi connectivity index (χ2v) is 8.14. The van der Waals surface area contributed by atoms with E-state index in [1.807, 2.05) is 31.3 Å². The average molecular weight is 416 g/mol. The van der Waals surface area contributed by atoms with Gasteiger partial charge < -0.3 is 14.8 Å². The maximum Gasteiger partial charge on any atom is 0.325 e. The van der Waals surface area contributed by atoms with E-state index >= 15 is 0 Å².